The van der Waals surface area contributed by atoms with Gasteiger partial charge >= 0.3 is 0 Å². The van der Waals surface area contributed by atoms with Gasteiger partial charge < -0.3 is 20.2 Å². The summed E-state index contributed by atoms with van der Waals surface area (Å²) >= 11 is 0. The van der Waals surface area contributed by atoms with Crippen molar-refractivity contribution in [3.63, 3.8) is 0 Å². The number of nitrogens with zero attached hydrogens (tertiary/aromatic N) is 3. The van der Waals surface area contributed by atoms with Crippen LogP contribution in [0.5, 0.6) is 5.75 Å². The van der Waals surface area contributed by atoms with E-state index in [9.17, 15) is 5.11 Å². The summed E-state index contributed by atoms with van der Waals surface area (Å²) in [5.41, 5.74) is 9.70. The number of rotatable bonds is 7. The fraction of sp³-hybridized carbons (Fsp3) is 0.442. The van der Waals surface area contributed by atoms with Crippen molar-refractivity contribution in [1.29, 1.82) is 0 Å². The van der Waals surface area contributed by atoms with Crippen LogP contribution in [-0.4, -0.2) is 68.9 Å². The molecule has 3 aliphatic heterocycles. The van der Waals surface area contributed by atoms with Crippen LogP contribution >= 0.6 is 0 Å². The zero-order valence-corrected chi connectivity index (χ0v) is 28.4. The van der Waals surface area contributed by atoms with Gasteiger partial charge in [-0.05, 0) is 127 Å². The second kappa shape index (κ2) is 14.4. The van der Waals surface area contributed by atoms with Gasteiger partial charge in [-0.25, -0.2) is 0 Å². The van der Waals surface area contributed by atoms with Gasteiger partial charge in [0.25, 0.3) is 0 Å². The van der Waals surface area contributed by atoms with E-state index < -0.39 is 0 Å². The maximum Gasteiger partial charge on any atom is 0.115 e. The third-order valence-corrected chi connectivity index (χ3v) is 12.0. The van der Waals surface area contributed by atoms with Crippen molar-refractivity contribution in [3.05, 3.63) is 125 Å². The van der Waals surface area contributed by atoms with E-state index >= 15 is 0 Å². The van der Waals surface area contributed by atoms with Crippen LogP contribution in [0.25, 0.3) is 0 Å². The number of phenols is 1. The predicted molar refractivity (Wildman–Crippen MR) is 199 cm³/mol. The smallest absolute Gasteiger partial charge is 0.115 e. The minimum atomic E-state index is 0.301. The van der Waals surface area contributed by atoms with Crippen molar-refractivity contribution in [2.45, 2.75) is 56.3 Å². The van der Waals surface area contributed by atoms with Gasteiger partial charge in [-0.2, -0.15) is 0 Å². The van der Waals surface area contributed by atoms with Gasteiger partial charge in [0, 0.05) is 69.7 Å². The van der Waals surface area contributed by atoms with E-state index in [4.69, 9.17) is 0 Å². The molecule has 3 fully saturated rings. The fourth-order valence-electron chi connectivity index (χ4n) is 9.19. The summed E-state index contributed by atoms with van der Waals surface area (Å²) in [5.74, 6) is 2.59. The van der Waals surface area contributed by atoms with Crippen LogP contribution in [0.2, 0.25) is 0 Å². The molecule has 4 aromatic rings. The van der Waals surface area contributed by atoms with Crippen molar-refractivity contribution in [1.82, 2.24) is 10.2 Å². The van der Waals surface area contributed by atoms with Crippen molar-refractivity contribution in [3.8, 4) is 5.75 Å². The number of benzene rings is 4. The molecular formula is C43H52N4O. The van der Waals surface area contributed by atoms with Crippen LogP contribution in [0.4, 0.5) is 11.4 Å². The van der Waals surface area contributed by atoms with E-state index in [1.165, 1.54) is 91.1 Å². The highest BCUT2D eigenvalue weighted by Gasteiger charge is 2.32. The normalized spacial score (nSPS) is 24.0. The molecule has 8 rings (SSSR count). The SMILES string of the molecule is Oc1ccc2c(c1)CC[C@H](c1ccccc1)[C@@H]2c1ccc(N2CCC(CN3CCN(c4ccc(C5CCCNC5)cc4)CC3)CC2)cc1. The van der Waals surface area contributed by atoms with Crippen molar-refractivity contribution < 1.29 is 5.11 Å². The number of aryl methyl sites for hydroxylation is 1. The summed E-state index contributed by atoms with van der Waals surface area (Å²) in [6.45, 7) is 10.4. The van der Waals surface area contributed by atoms with Gasteiger partial charge in [-0.15, -0.1) is 0 Å². The van der Waals surface area contributed by atoms with Crippen molar-refractivity contribution in [2.24, 2.45) is 5.92 Å². The van der Waals surface area contributed by atoms with Crippen molar-refractivity contribution in [2.75, 3.05) is 68.7 Å². The Hall–Kier alpha value is -3.80. The van der Waals surface area contributed by atoms with E-state index in [0.29, 0.717) is 23.5 Å². The molecule has 0 radical (unpaired) electrons. The first-order valence-electron chi connectivity index (χ1n) is 18.7. The molecule has 1 aliphatic carbocycles. The Morgan fingerprint density at radius 3 is 2.02 bits per heavy atom. The molecule has 3 saturated heterocycles. The number of nitrogens with one attached hydrogen (secondary N) is 1. The number of fused-ring (bicyclic) bond motifs is 1. The summed E-state index contributed by atoms with van der Waals surface area (Å²) in [4.78, 5) is 7.91. The second-order valence-electron chi connectivity index (χ2n) is 14.9. The molecule has 4 aromatic carbocycles. The van der Waals surface area contributed by atoms with Crippen LogP contribution in [0, 0.1) is 5.92 Å². The molecule has 0 bridgehead atoms. The van der Waals surface area contributed by atoms with E-state index in [0.717, 1.165) is 51.5 Å². The van der Waals surface area contributed by atoms with E-state index in [1.807, 2.05) is 12.1 Å². The van der Waals surface area contributed by atoms with Crippen LogP contribution in [0.15, 0.2) is 97.1 Å². The molecule has 48 heavy (non-hydrogen) atoms. The quantitative estimate of drug-likeness (QED) is 0.216. The first-order valence-corrected chi connectivity index (χ1v) is 18.7. The molecule has 0 saturated carbocycles. The summed E-state index contributed by atoms with van der Waals surface area (Å²) in [7, 11) is 0. The summed E-state index contributed by atoms with van der Waals surface area (Å²) in [6.07, 6.45) is 7.26. The Kier molecular flexibility index (Phi) is 9.41. The molecule has 0 spiro atoms. The van der Waals surface area contributed by atoms with Gasteiger partial charge in [0.15, 0.2) is 0 Å². The number of piperidine rings is 2. The molecule has 5 heteroatoms. The lowest BCUT2D eigenvalue weighted by atomic mass is 9.69. The number of piperazine rings is 1. The number of anilines is 2. The molecule has 1 unspecified atom stereocenters. The highest BCUT2D eigenvalue weighted by atomic mass is 16.3. The Labute approximate surface area is 287 Å². The third-order valence-electron chi connectivity index (χ3n) is 12.0. The van der Waals surface area contributed by atoms with Gasteiger partial charge in [-0.1, -0.05) is 60.7 Å². The van der Waals surface area contributed by atoms with E-state index in [2.05, 4.69) is 105 Å². The molecule has 3 heterocycles. The Morgan fingerprint density at radius 2 is 1.33 bits per heavy atom. The lowest BCUT2D eigenvalue weighted by Crippen LogP contribution is -2.49. The zero-order valence-electron chi connectivity index (χ0n) is 28.4. The number of aromatic hydroxyl groups is 1. The molecule has 3 atom stereocenters. The Balaban J connectivity index is 0.849. The first kappa shape index (κ1) is 31.5. The second-order valence-corrected chi connectivity index (χ2v) is 14.9. The number of phenolic OH excluding ortho intramolecular Hbond substituents is 1. The molecule has 0 amide bonds. The van der Waals surface area contributed by atoms with E-state index in [-0.39, 0.29) is 0 Å². The molecule has 2 N–H and O–H groups in total. The largest absolute Gasteiger partial charge is 0.508 e. The standard InChI is InChI=1S/C43H52N4O/c48-40-17-19-42-36(29-40)12-18-41(34-5-2-1-3-6-34)43(42)35-10-15-38(16-11-35)46-23-20-32(21-24-46)31-45-25-27-47(28-26-45)39-13-8-33(9-14-39)37-7-4-22-44-30-37/h1-3,5-6,8-11,13-17,19,29,32,37,41,43-44,48H,4,7,12,18,20-28,30-31H2/t37?,41-,43+/m1/s1. The van der Waals surface area contributed by atoms with Gasteiger partial charge in [0.2, 0.25) is 0 Å². The van der Waals surface area contributed by atoms with Gasteiger partial charge in [0.05, 0.1) is 0 Å². The summed E-state index contributed by atoms with van der Waals surface area (Å²) < 4.78 is 0. The topological polar surface area (TPSA) is 42.0 Å². The van der Waals surface area contributed by atoms with Crippen LogP contribution in [0.3, 0.4) is 0 Å². The Bertz CT molecular complexity index is 1620. The maximum absolute atomic E-state index is 10.2. The Morgan fingerprint density at radius 1 is 0.646 bits per heavy atom. The lowest BCUT2D eigenvalue weighted by Gasteiger charge is -2.40. The molecule has 5 nitrogen and oxygen atoms in total. The van der Waals surface area contributed by atoms with Crippen LogP contribution in [-0.2, 0) is 6.42 Å². The van der Waals surface area contributed by atoms with Crippen LogP contribution < -0.4 is 15.1 Å². The molecular weight excluding hydrogens is 589 g/mol. The average Bonchev–Trinajstić information content (AvgIpc) is 3.16. The number of hydrogen-bond donors (Lipinski definition) is 2. The van der Waals surface area contributed by atoms with Gasteiger partial charge in [0.1, 0.15) is 5.75 Å². The summed E-state index contributed by atoms with van der Waals surface area (Å²) in [5, 5.41) is 13.8. The highest BCUT2D eigenvalue weighted by molar-refractivity contribution is 5.53. The monoisotopic (exact) mass is 640 g/mol. The first-order chi connectivity index (χ1) is 23.7. The van der Waals surface area contributed by atoms with Crippen LogP contribution in [0.1, 0.15) is 77.7 Å². The average molecular weight is 641 g/mol. The van der Waals surface area contributed by atoms with Gasteiger partial charge in [-0.3, -0.25) is 4.90 Å². The number of hydrogen-bond acceptors (Lipinski definition) is 5. The molecule has 4 aliphatic rings. The molecule has 250 valence electrons. The zero-order chi connectivity index (χ0) is 32.3. The third kappa shape index (κ3) is 6.86. The highest BCUT2D eigenvalue weighted by Crippen LogP contribution is 2.47. The minimum absolute atomic E-state index is 0.301. The molecule has 0 aromatic heterocycles. The maximum atomic E-state index is 10.2. The van der Waals surface area contributed by atoms with E-state index in [1.54, 1.807) is 0 Å². The predicted octanol–water partition coefficient (Wildman–Crippen LogP) is 7.76. The van der Waals surface area contributed by atoms with Crippen molar-refractivity contribution >= 4 is 11.4 Å². The minimum Gasteiger partial charge on any atom is -0.508 e. The lowest BCUT2D eigenvalue weighted by molar-refractivity contribution is 0.201. The fourth-order valence-corrected chi connectivity index (χ4v) is 9.19. The summed E-state index contributed by atoms with van der Waals surface area (Å²) in [6, 6.07) is 36.0.